The van der Waals surface area contributed by atoms with Crippen LogP contribution in [0.25, 0.3) is 0 Å². The van der Waals surface area contributed by atoms with E-state index < -0.39 is 11.6 Å². The van der Waals surface area contributed by atoms with Gasteiger partial charge in [-0.15, -0.1) is 12.4 Å². The van der Waals surface area contributed by atoms with Crippen molar-refractivity contribution in [1.29, 1.82) is 0 Å². The number of fused-ring (bicyclic) bond motifs is 1. The molecule has 1 aliphatic rings. The van der Waals surface area contributed by atoms with Crippen LogP contribution in [0.5, 0.6) is 0 Å². The van der Waals surface area contributed by atoms with Gasteiger partial charge in [-0.05, 0) is 74.4 Å². The number of hydrogen-bond donors (Lipinski definition) is 1. The maximum atomic E-state index is 13.4. The highest BCUT2D eigenvalue weighted by atomic mass is 35.5. The number of hydrogen-bond acceptors (Lipinski definition) is 3. The molecule has 0 aliphatic carbocycles. The van der Waals surface area contributed by atoms with Crippen LogP contribution in [0, 0.1) is 5.82 Å². The van der Waals surface area contributed by atoms with Crippen LogP contribution in [0.1, 0.15) is 39.9 Å². The summed E-state index contributed by atoms with van der Waals surface area (Å²) in [5, 5.41) is 9.21. The van der Waals surface area contributed by atoms with Crippen molar-refractivity contribution in [1.82, 2.24) is 4.90 Å². The molecular formula is C20H23ClFNO3. The van der Waals surface area contributed by atoms with E-state index in [0.29, 0.717) is 6.61 Å². The van der Waals surface area contributed by atoms with E-state index in [4.69, 9.17) is 4.74 Å². The van der Waals surface area contributed by atoms with Gasteiger partial charge in [0.1, 0.15) is 11.4 Å². The molecule has 140 valence electrons. The van der Waals surface area contributed by atoms with Crippen LogP contribution in [0.15, 0.2) is 42.5 Å². The fourth-order valence-corrected chi connectivity index (χ4v) is 3.47. The molecule has 3 rings (SSSR count). The fourth-order valence-electron chi connectivity index (χ4n) is 3.47. The third kappa shape index (κ3) is 3.90. The van der Waals surface area contributed by atoms with Crippen molar-refractivity contribution in [2.24, 2.45) is 0 Å². The van der Waals surface area contributed by atoms with Gasteiger partial charge in [-0.25, -0.2) is 9.18 Å². The van der Waals surface area contributed by atoms with E-state index >= 15 is 0 Å². The summed E-state index contributed by atoms with van der Waals surface area (Å²) in [4.78, 5) is 13.3. The molecule has 6 heteroatoms. The molecule has 2 aromatic carbocycles. The molecule has 0 bridgehead atoms. The Morgan fingerprint density at radius 3 is 2.54 bits per heavy atom. The van der Waals surface area contributed by atoms with Crippen molar-refractivity contribution in [3.05, 3.63) is 70.5 Å². The minimum absolute atomic E-state index is 0. The topological polar surface area (TPSA) is 49.8 Å². The van der Waals surface area contributed by atoms with E-state index in [1.165, 1.54) is 12.1 Å². The minimum atomic E-state index is -0.949. The summed E-state index contributed by atoms with van der Waals surface area (Å²) in [5.74, 6) is -1.23. The van der Waals surface area contributed by atoms with Crippen LogP contribution in [0.4, 0.5) is 4.39 Å². The normalized spacial score (nSPS) is 18.5. The van der Waals surface area contributed by atoms with Crippen molar-refractivity contribution in [3.63, 3.8) is 0 Å². The molecule has 0 amide bonds. The van der Waals surface area contributed by atoms with E-state index in [0.717, 1.165) is 36.1 Å². The summed E-state index contributed by atoms with van der Waals surface area (Å²) in [5.41, 5.74) is 2.35. The monoisotopic (exact) mass is 379 g/mol. The molecule has 0 fully saturated rings. The number of carboxylic acid groups (broad SMARTS) is 1. The molecule has 26 heavy (non-hydrogen) atoms. The van der Waals surface area contributed by atoms with Crippen LogP contribution < -0.4 is 0 Å². The average Bonchev–Trinajstić information content (AvgIpc) is 2.94. The van der Waals surface area contributed by atoms with Gasteiger partial charge in [0, 0.05) is 0 Å². The van der Waals surface area contributed by atoms with E-state index in [1.54, 1.807) is 24.3 Å². The van der Waals surface area contributed by atoms with Gasteiger partial charge in [0.05, 0.1) is 12.2 Å². The Labute approximate surface area is 159 Å². The van der Waals surface area contributed by atoms with Crippen LogP contribution in [-0.2, 0) is 16.9 Å². The van der Waals surface area contributed by atoms with E-state index in [-0.39, 0.29) is 23.8 Å². The average molecular weight is 380 g/mol. The molecule has 1 N–H and O–H groups in total. The molecule has 1 aliphatic heterocycles. The Morgan fingerprint density at radius 1 is 1.23 bits per heavy atom. The van der Waals surface area contributed by atoms with Crippen molar-refractivity contribution in [2.75, 3.05) is 20.6 Å². The first-order valence-corrected chi connectivity index (χ1v) is 8.34. The van der Waals surface area contributed by atoms with Crippen LogP contribution in [0.2, 0.25) is 0 Å². The van der Waals surface area contributed by atoms with Gasteiger partial charge >= 0.3 is 5.97 Å². The molecule has 1 heterocycles. The zero-order chi connectivity index (χ0) is 18.0. The van der Waals surface area contributed by atoms with Gasteiger partial charge in [-0.1, -0.05) is 18.2 Å². The van der Waals surface area contributed by atoms with Gasteiger partial charge in [-0.3, -0.25) is 0 Å². The minimum Gasteiger partial charge on any atom is -0.478 e. The maximum absolute atomic E-state index is 13.4. The molecular weight excluding hydrogens is 357 g/mol. The number of aromatic carboxylic acids is 1. The van der Waals surface area contributed by atoms with E-state index in [1.807, 2.05) is 20.2 Å². The largest absolute Gasteiger partial charge is 0.478 e. The maximum Gasteiger partial charge on any atom is 0.335 e. The van der Waals surface area contributed by atoms with Crippen LogP contribution in [-0.4, -0.2) is 36.6 Å². The summed E-state index contributed by atoms with van der Waals surface area (Å²) in [6.45, 7) is 1.27. The Morgan fingerprint density at radius 2 is 1.92 bits per heavy atom. The van der Waals surface area contributed by atoms with Crippen molar-refractivity contribution in [3.8, 4) is 0 Å². The zero-order valence-electron chi connectivity index (χ0n) is 14.9. The first-order chi connectivity index (χ1) is 11.9. The van der Waals surface area contributed by atoms with Crippen LogP contribution in [0.3, 0.4) is 0 Å². The Hall–Kier alpha value is -1.95. The summed E-state index contributed by atoms with van der Waals surface area (Å²) in [7, 11) is 4.04. The smallest absolute Gasteiger partial charge is 0.335 e. The zero-order valence-corrected chi connectivity index (χ0v) is 15.7. The Balaban J connectivity index is 0.00000243. The molecule has 0 aromatic heterocycles. The second kappa shape index (κ2) is 8.16. The second-order valence-corrected chi connectivity index (χ2v) is 6.71. The second-order valence-electron chi connectivity index (χ2n) is 6.71. The lowest BCUT2D eigenvalue weighted by Crippen LogP contribution is -2.28. The lowest BCUT2D eigenvalue weighted by Gasteiger charge is -2.31. The molecule has 0 saturated heterocycles. The van der Waals surface area contributed by atoms with Gasteiger partial charge < -0.3 is 14.7 Å². The number of halogens is 2. The summed E-state index contributed by atoms with van der Waals surface area (Å²) >= 11 is 0. The van der Waals surface area contributed by atoms with Gasteiger partial charge in [0.15, 0.2) is 0 Å². The first kappa shape index (κ1) is 20.4. The number of nitrogens with zero attached hydrogens (tertiary/aromatic N) is 1. The molecule has 4 nitrogen and oxygen atoms in total. The van der Waals surface area contributed by atoms with Crippen LogP contribution >= 0.6 is 12.4 Å². The van der Waals surface area contributed by atoms with E-state index in [2.05, 4.69) is 4.90 Å². The highest BCUT2D eigenvalue weighted by molar-refractivity contribution is 5.88. The molecule has 1 atom stereocenters. The number of carbonyl (C=O) groups is 1. The summed E-state index contributed by atoms with van der Waals surface area (Å²) < 4.78 is 19.6. The van der Waals surface area contributed by atoms with Gasteiger partial charge in [-0.2, -0.15) is 0 Å². The van der Waals surface area contributed by atoms with Crippen molar-refractivity contribution < 1.29 is 19.0 Å². The Kier molecular flexibility index (Phi) is 6.39. The Bertz CT molecular complexity index is 779. The highest BCUT2D eigenvalue weighted by Crippen LogP contribution is 2.45. The first-order valence-electron chi connectivity index (χ1n) is 8.34. The molecule has 0 unspecified atom stereocenters. The van der Waals surface area contributed by atoms with Gasteiger partial charge in [0.2, 0.25) is 0 Å². The van der Waals surface area contributed by atoms with E-state index in [9.17, 15) is 14.3 Å². The van der Waals surface area contributed by atoms with Gasteiger partial charge in [0.25, 0.3) is 0 Å². The van der Waals surface area contributed by atoms with Crippen molar-refractivity contribution in [2.45, 2.75) is 25.0 Å². The summed E-state index contributed by atoms with van der Waals surface area (Å²) in [6.07, 6.45) is 1.65. The quantitative estimate of drug-likeness (QED) is 0.822. The summed E-state index contributed by atoms with van der Waals surface area (Å²) in [6, 6.07) is 11.5. The third-order valence-corrected chi connectivity index (χ3v) is 4.71. The number of rotatable bonds is 6. The molecule has 2 aromatic rings. The third-order valence-electron chi connectivity index (χ3n) is 4.71. The fraction of sp³-hybridized carbons (Fsp3) is 0.350. The SMILES string of the molecule is CN(C)CCC[C@@]1(c2ccc(F)cc2)OCc2cc(C(=O)O)ccc21.Cl. The number of ether oxygens (including phenoxy) is 1. The lowest BCUT2D eigenvalue weighted by atomic mass is 9.81. The molecule has 0 saturated carbocycles. The predicted octanol–water partition coefficient (Wildman–Crippen LogP) is 4.06. The lowest BCUT2D eigenvalue weighted by molar-refractivity contribution is -0.0140. The number of carboxylic acids is 1. The number of benzene rings is 2. The standard InChI is InChI=1S/C20H22FNO3.ClH/c1-22(2)11-3-10-20(16-5-7-17(21)8-6-16)18-9-4-14(19(23)24)12-15(18)13-25-20;/h4-9,12H,3,10-11,13H2,1-2H3,(H,23,24);1H/t20-;/m0./s1. The molecule has 0 radical (unpaired) electrons. The van der Waals surface area contributed by atoms with Crippen molar-refractivity contribution >= 4 is 18.4 Å². The molecule has 0 spiro atoms. The predicted molar refractivity (Wildman–Crippen MR) is 100 cm³/mol. The highest BCUT2D eigenvalue weighted by Gasteiger charge is 2.41.